The fraction of sp³-hybridized carbons (Fsp3) is 0.278. The molecule has 0 aromatic heterocycles. The highest BCUT2D eigenvalue weighted by Gasteiger charge is 2.06. The van der Waals surface area contributed by atoms with E-state index in [1.165, 1.54) is 5.56 Å². The molecule has 0 radical (unpaired) electrons. The van der Waals surface area contributed by atoms with Crippen molar-refractivity contribution in [2.75, 3.05) is 0 Å². The minimum absolute atomic E-state index is 0.423. The Balaban J connectivity index is 2.19. The number of hydrogen-bond donors (Lipinski definition) is 0. The van der Waals surface area contributed by atoms with Gasteiger partial charge in [0.1, 0.15) is 12.4 Å². The second kappa shape index (κ2) is 6.25. The number of ether oxygens (including phenoxy) is 1. The molecule has 0 saturated carbocycles. The van der Waals surface area contributed by atoms with Crippen molar-refractivity contribution >= 4 is 0 Å². The lowest BCUT2D eigenvalue weighted by Crippen LogP contribution is -2.00. The van der Waals surface area contributed by atoms with E-state index in [-0.39, 0.29) is 0 Å². The molecule has 0 atom stereocenters. The van der Waals surface area contributed by atoms with Gasteiger partial charge < -0.3 is 4.74 Å². The number of nitrogens with zero attached hydrogens (tertiary/aromatic N) is 1. The molecular weight excluding hydrogens is 246 g/mol. The van der Waals surface area contributed by atoms with Crippen molar-refractivity contribution < 1.29 is 4.74 Å². The molecule has 0 amide bonds. The highest BCUT2D eigenvalue weighted by Crippen LogP contribution is 2.25. The minimum Gasteiger partial charge on any atom is -0.489 e. The maximum Gasteiger partial charge on any atom is 0.123 e. The molecule has 2 rings (SSSR count). The Morgan fingerprint density at radius 1 is 1.15 bits per heavy atom. The second-order valence-electron chi connectivity index (χ2n) is 5.24. The second-order valence-corrected chi connectivity index (χ2v) is 5.24. The van der Waals surface area contributed by atoms with E-state index in [2.05, 4.69) is 38.1 Å². The van der Waals surface area contributed by atoms with Crippen molar-refractivity contribution in [3.8, 4) is 11.8 Å². The van der Waals surface area contributed by atoms with Gasteiger partial charge in [-0.2, -0.15) is 5.26 Å². The Labute approximate surface area is 120 Å². The Bertz CT molecular complexity index is 638. The summed E-state index contributed by atoms with van der Waals surface area (Å²) in [6.45, 7) is 6.79. The van der Waals surface area contributed by atoms with Crippen LogP contribution >= 0.6 is 0 Å². The molecule has 0 aliphatic rings. The van der Waals surface area contributed by atoms with Gasteiger partial charge in [-0.15, -0.1) is 0 Å². The van der Waals surface area contributed by atoms with Crippen molar-refractivity contribution in [2.24, 2.45) is 0 Å². The molecule has 0 heterocycles. The summed E-state index contributed by atoms with van der Waals surface area (Å²) in [4.78, 5) is 0. The predicted molar refractivity (Wildman–Crippen MR) is 80.8 cm³/mol. The lowest BCUT2D eigenvalue weighted by atomic mass is 10.0. The van der Waals surface area contributed by atoms with E-state index >= 15 is 0 Å². The monoisotopic (exact) mass is 265 g/mol. The first-order chi connectivity index (χ1) is 9.61. The van der Waals surface area contributed by atoms with Gasteiger partial charge in [0, 0.05) is 5.56 Å². The number of rotatable bonds is 4. The van der Waals surface area contributed by atoms with Crippen molar-refractivity contribution in [1.29, 1.82) is 5.26 Å². The molecule has 0 N–H and O–H groups in total. The highest BCUT2D eigenvalue weighted by molar-refractivity contribution is 5.40. The lowest BCUT2D eigenvalue weighted by molar-refractivity contribution is 0.303. The zero-order valence-corrected chi connectivity index (χ0v) is 12.2. The molecule has 0 spiro atoms. The van der Waals surface area contributed by atoms with E-state index in [1.807, 2.05) is 31.2 Å². The molecule has 0 saturated heterocycles. The van der Waals surface area contributed by atoms with Gasteiger partial charge in [0.05, 0.1) is 11.6 Å². The zero-order valence-electron chi connectivity index (χ0n) is 12.2. The summed E-state index contributed by atoms with van der Waals surface area (Å²) in [5, 5.41) is 9.08. The minimum atomic E-state index is 0.423. The third kappa shape index (κ3) is 3.19. The first-order valence-electron chi connectivity index (χ1n) is 6.83. The van der Waals surface area contributed by atoms with Crippen LogP contribution in [0.3, 0.4) is 0 Å². The van der Waals surface area contributed by atoms with E-state index in [0.29, 0.717) is 18.1 Å². The molecule has 0 bridgehead atoms. The number of nitriles is 1. The fourth-order valence-corrected chi connectivity index (χ4v) is 2.04. The summed E-state index contributed by atoms with van der Waals surface area (Å²) in [7, 11) is 0. The number of hydrogen-bond acceptors (Lipinski definition) is 2. The Morgan fingerprint density at radius 3 is 2.60 bits per heavy atom. The average molecular weight is 265 g/mol. The van der Waals surface area contributed by atoms with Gasteiger partial charge in [0.25, 0.3) is 0 Å². The summed E-state index contributed by atoms with van der Waals surface area (Å²) in [5.41, 5.74) is 3.97. The third-order valence-corrected chi connectivity index (χ3v) is 3.40. The third-order valence-electron chi connectivity index (χ3n) is 3.40. The van der Waals surface area contributed by atoms with Crippen molar-refractivity contribution in [1.82, 2.24) is 0 Å². The van der Waals surface area contributed by atoms with Crippen LogP contribution in [0.5, 0.6) is 5.75 Å². The molecule has 2 aromatic carbocycles. The van der Waals surface area contributed by atoms with E-state index in [1.54, 1.807) is 0 Å². The van der Waals surface area contributed by atoms with Gasteiger partial charge in [-0.3, -0.25) is 0 Å². The van der Waals surface area contributed by atoms with Gasteiger partial charge in [-0.1, -0.05) is 44.2 Å². The van der Waals surface area contributed by atoms with Crippen LogP contribution in [0.2, 0.25) is 0 Å². The van der Waals surface area contributed by atoms with E-state index in [0.717, 1.165) is 16.9 Å². The Kier molecular flexibility index (Phi) is 4.42. The Morgan fingerprint density at radius 2 is 1.90 bits per heavy atom. The van der Waals surface area contributed by atoms with E-state index in [4.69, 9.17) is 10.00 Å². The van der Waals surface area contributed by atoms with Crippen LogP contribution in [-0.2, 0) is 6.61 Å². The highest BCUT2D eigenvalue weighted by atomic mass is 16.5. The topological polar surface area (TPSA) is 33.0 Å². The molecule has 0 aliphatic heterocycles. The summed E-state index contributed by atoms with van der Waals surface area (Å²) in [6.07, 6.45) is 0. The lowest BCUT2D eigenvalue weighted by Gasteiger charge is -2.13. The number of benzene rings is 2. The first-order valence-corrected chi connectivity index (χ1v) is 6.83. The van der Waals surface area contributed by atoms with Gasteiger partial charge in [-0.25, -0.2) is 0 Å². The van der Waals surface area contributed by atoms with Crippen LogP contribution in [-0.4, -0.2) is 0 Å². The smallest absolute Gasteiger partial charge is 0.123 e. The molecule has 0 fully saturated rings. The molecule has 20 heavy (non-hydrogen) atoms. The summed E-state index contributed by atoms with van der Waals surface area (Å²) in [6, 6.07) is 16.0. The quantitative estimate of drug-likeness (QED) is 0.811. The fourth-order valence-electron chi connectivity index (χ4n) is 2.04. The maximum absolute atomic E-state index is 9.08. The van der Waals surface area contributed by atoms with Crippen molar-refractivity contribution in [2.45, 2.75) is 33.3 Å². The first kappa shape index (κ1) is 14.1. The summed E-state index contributed by atoms with van der Waals surface area (Å²) in [5.74, 6) is 1.37. The van der Waals surface area contributed by atoms with Gasteiger partial charge in [-0.05, 0) is 36.1 Å². The normalized spacial score (nSPS) is 10.3. The van der Waals surface area contributed by atoms with Crippen LogP contribution in [0.4, 0.5) is 0 Å². The number of aryl methyl sites for hydroxylation is 1. The molecule has 2 aromatic rings. The van der Waals surface area contributed by atoms with Gasteiger partial charge >= 0.3 is 0 Å². The molecule has 102 valence electrons. The SMILES string of the molecule is Cc1ccc(C(C)C)cc1OCc1ccccc1C#N. The van der Waals surface area contributed by atoms with Gasteiger partial charge in [0.15, 0.2) is 0 Å². The van der Waals surface area contributed by atoms with Crippen LogP contribution in [0.1, 0.15) is 42.0 Å². The predicted octanol–water partition coefficient (Wildman–Crippen LogP) is 4.57. The molecule has 2 nitrogen and oxygen atoms in total. The van der Waals surface area contributed by atoms with Crippen LogP contribution < -0.4 is 4.74 Å². The van der Waals surface area contributed by atoms with Crippen molar-refractivity contribution in [3.63, 3.8) is 0 Å². The summed E-state index contributed by atoms with van der Waals surface area (Å²) < 4.78 is 5.91. The van der Waals surface area contributed by atoms with E-state index in [9.17, 15) is 0 Å². The maximum atomic E-state index is 9.08. The van der Waals surface area contributed by atoms with Crippen molar-refractivity contribution in [3.05, 3.63) is 64.7 Å². The average Bonchev–Trinajstić information content (AvgIpc) is 2.46. The van der Waals surface area contributed by atoms with Crippen LogP contribution in [0, 0.1) is 18.3 Å². The summed E-state index contributed by atoms with van der Waals surface area (Å²) >= 11 is 0. The molecular formula is C18H19NO. The standard InChI is InChI=1S/C18H19NO/c1-13(2)15-9-8-14(3)18(10-15)20-12-17-7-5-4-6-16(17)11-19/h4-10,13H,12H2,1-3H3. The zero-order chi connectivity index (χ0) is 14.5. The molecule has 2 heteroatoms. The van der Waals surface area contributed by atoms with Gasteiger partial charge in [0.2, 0.25) is 0 Å². The largest absolute Gasteiger partial charge is 0.489 e. The van der Waals surface area contributed by atoms with Crippen LogP contribution in [0.25, 0.3) is 0 Å². The molecule has 0 aliphatic carbocycles. The Hall–Kier alpha value is -2.27. The van der Waals surface area contributed by atoms with E-state index < -0.39 is 0 Å². The van der Waals surface area contributed by atoms with Crippen LogP contribution in [0.15, 0.2) is 42.5 Å². The molecule has 0 unspecified atom stereocenters.